The maximum absolute atomic E-state index is 12.5. The molecule has 2 aromatic carbocycles. The number of rotatable bonds is 5. The minimum Gasteiger partial charge on any atom is -0.381 e. The van der Waals surface area contributed by atoms with Gasteiger partial charge in [0.2, 0.25) is 5.91 Å². The summed E-state index contributed by atoms with van der Waals surface area (Å²) in [6.07, 6.45) is 2.32. The van der Waals surface area contributed by atoms with Crippen LogP contribution in [-0.2, 0) is 21.4 Å². The molecule has 1 saturated heterocycles. The summed E-state index contributed by atoms with van der Waals surface area (Å²) in [7, 11) is 0. The summed E-state index contributed by atoms with van der Waals surface area (Å²) >= 11 is 0. The number of carbonyl (C=O) groups is 1. The molecule has 0 unspecified atom stereocenters. The SMILES string of the molecule is Cc1ccc(CC(=O)NCC2(c3ccccc3)CCOCC2)cc1C. The first-order chi connectivity index (χ1) is 12.1. The lowest BCUT2D eigenvalue weighted by molar-refractivity contribution is -0.120. The van der Waals surface area contributed by atoms with Gasteiger partial charge in [0.1, 0.15) is 0 Å². The van der Waals surface area contributed by atoms with E-state index in [2.05, 4.69) is 55.6 Å². The molecule has 1 aliphatic rings. The van der Waals surface area contributed by atoms with Crippen molar-refractivity contribution in [3.63, 3.8) is 0 Å². The highest BCUT2D eigenvalue weighted by molar-refractivity contribution is 5.78. The van der Waals surface area contributed by atoms with Crippen LogP contribution in [-0.4, -0.2) is 25.7 Å². The summed E-state index contributed by atoms with van der Waals surface area (Å²) in [6.45, 7) is 6.35. The van der Waals surface area contributed by atoms with Crippen LogP contribution < -0.4 is 5.32 Å². The molecule has 0 radical (unpaired) electrons. The van der Waals surface area contributed by atoms with Gasteiger partial charge in [0.05, 0.1) is 6.42 Å². The zero-order valence-corrected chi connectivity index (χ0v) is 15.2. The summed E-state index contributed by atoms with van der Waals surface area (Å²) in [6, 6.07) is 16.8. The minimum atomic E-state index is -0.0155. The standard InChI is InChI=1S/C22H27NO2/c1-17-8-9-19(14-18(17)2)15-21(24)23-16-22(10-12-25-13-11-22)20-6-4-3-5-7-20/h3-9,14H,10-13,15-16H2,1-2H3,(H,23,24). The molecule has 1 aliphatic heterocycles. The van der Waals surface area contributed by atoms with E-state index in [0.717, 1.165) is 31.6 Å². The number of hydrogen-bond donors (Lipinski definition) is 1. The van der Waals surface area contributed by atoms with Crippen LogP contribution in [0, 0.1) is 13.8 Å². The molecule has 0 aromatic heterocycles. The van der Waals surface area contributed by atoms with Gasteiger partial charge in [-0.2, -0.15) is 0 Å². The van der Waals surface area contributed by atoms with E-state index in [1.807, 2.05) is 12.1 Å². The van der Waals surface area contributed by atoms with E-state index in [1.54, 1.807) is 0 Å². The van der Waals surface area contributed by atoms with E-state index in [-0.39, 0.29) is 11.3 Å². The second-order valence-corrected chi connectivity index (χ2v) is 7.13. The molecule has 0 saturated carbocycles. The number of benzene rings is 2. The van der Waals surface area contributed by atoms with E-state index in [0.29, 0.717) is 13.0 Å². The summed E-state index contributed by atoms with van der Waals surface area (Å²) in [5, 5.41) is 3.18. The molecule has 25 heavy (non-hydrogen) atoms. The molecule has 0 bridgehead atoms. The molecular weight excluding hydrogens is 310 g/mol. The van der Waals surface area contributed by atoms with Crippen LogP contribution >= 0.6 is 0 Å². The quantitative estimate of drug-likeness (QED) is 0.903. The fourth-order valence-electron chi connectivity index (χ4n) is 3.55. The van der Waals surface area contributed by atoms with Crippen LogP contribution in [0.2, 0.25) is 0 Å². The number of hydrogen-bond acceptors (Lipinski definition) is 2. The third-order valence-corrected chi connectivity index (χ3v) is 5.40. The van der Waals surface area contributed by atoms with Gasteiger partial charge >= 0.3 is 0 Å². The van der Waals surface area contributed by atoms with Crippen molar-refractivity contribution in [2.75, 3.05) is 19.8 Å². The molecule has 0 atom stereocenters. The molecule has 2 aromatic rings. The Hall–Kier alpha value is -2.13. The number of amides is 1. The van der Waals surface area contributed by atoms with Crippen LogP contribution in [0.25, 0.3) is 0 Å². The van der Waals surface area contributed by atoms with Crippen LogP contribution in [0.3, 0.4) is 0 Å². The summed E-state index contributed by atoms with van der Waals surface area (Å²) in [5.41, 5.74) is 4.84. The van der Waals surface area contributed by atoms with Crippen LogP contribution in [0.4, 0.5) is 0 Å². The van der Waals surface area contributed by atoms with Crippen LogP contribution in [0.1, 0.15) is 35.1 Å². The van der Waals surface area contributed by atoms with Crippen molar-refractivity contribution in [2.24, 2.45) is 0 Å². The van der Waals surface area contributed by atoms with E-state index in [1.165, 1.54) is 16.7 Å². The zero-order valence-electron chi connectivity index (χ0n) is 15.2. The first-order valence-corrected chi connectivity index (χ1v) is 9.05. The van der Waals surface area contributed by atoms with Gasteiger partial charge in [-0.3, -0.25) is 4.79 Å². The molecule has 0 spiro atoms. The number of aryl methyl sites for hydroxylation is 2. The molecular formula is C22H27NO2. The van der Waals surface area contributed by atoms with E-state index in [9.17, 15) is 4.79 Å². The molecule has 3 heteroatoms. The lowest BCUT2D eigenvalue weighted by Crippen LogP contribution is -2.45. The third-order valence-electron chi connectivity index (χ3n) is 5.40. The van der Waals surface area contributed by atoms with Gasteiger partial charge in [-0.05, 0) is 48.9 Å². The Bertz CT molecular complexity index is 718. The molecule has 0 aliphatic carbocycles. The first kappa shape index (κ1) is 17.7. The van der Waals surface area contributed by atoms with Crippen LogP contribution in [0.5, 0.6) is 0 Å². The van der Waals surface area contributed by atoms with Gasteiger partial charge in [0.15, 0.2) is 0 Å². The van der Waals surface area contributed by atoms with Gasteiger partial charge < -0.3 is 10.1 Å². The topological polar surface area (TPSA) is 38.3 Å². The number of nitrogens with one attached hydrogen (secondary N) is 1. The van der Waals surface area contributed by atoms with E-state index >= 15 is 0 Å². The Labute approximate surface area is 150 Å². The molecule has 3 rings (SSSR count). The average Bonchev–Trinajstić information content (AvgIpc) is 2.65. The highest BCUT2D eigenvalue weighted by Crippen LogP contribution is 2.34. The largest absolute Gasteiger partial charge is 0.381 e. The third kappa shape index (κ3) is 4.29. The maximum Gasteiger partial charge on any atom is 0.224 e. The monoisotopic (exact) mass is 337 g/mol. The Balaban J connectivity index is 1.66. The fourth-order valence-corrected chi connectivity index (χ4v) is 3.55. The van der Waals surface area contributed by atoms with Gasteiger partial charge in [-0.25, -0.2) is 0 Å². The number of ether oxygens (including phenoxy) is 1. The molecule has 1 heterocycles. The van der Waals surface area contributed by atoms with E-state index in [4.69, 9.17) is 4.74 Å². The second kappa shape index (κ2) is 7.83. The van der Waals surface area contributed by atoms with E-state index < -0.39 is 0 Å². The van der Waals surface area contributed by atoms with Crippen molar-refractivity contribution in [3.8, 4) is 0 Å². The van der Waals surface area contributed by atoms with Crippen molar-refractivity contribution in [1.29, 1.82) is 0 Å². The molecule has 132 valence electrons. The lowest BCUT2D eigenvalue weighted by atomic mass is 9.74. The predicted octanol–water partition coefficient (Wildman–Crippen LogP) is 3.71. The predicted molar refractivity (Wildman–Crippen MR) is 101 cm³/mol. The maximum atomic E-state index is 12.5. The highest BCUT2D eigenvalue weighted by atomic mass is 16.5. The molecule has 1 fully saturated rings. The first-order valence-electron chi connectivity index (χ1n) is 9.05. The summed E-state index contributed by atoms with van der Waals surface area (Å²) in [5.74, 6) is 0.0880. The van der Waals surface area contributed by atoms with Gasteiger partial charge in [-0.15, -0.1) is 0 Å². The van der Waals surface area contributed by atoms with Gasteiger partial charge in [-0.1, -0.05) is 48.5 Å². The normalized spacial score (nSPS) is 16.4. The van der Waals surface area contributed by atoms with Gasteiger partial charge in [0, 0.05) is 25.2 Å². The summed E-state index contributed by atoms with van der Waals surface area (Å²) in [4.78, 5) is 12.5. The summed E-state index contributed by atoms with van der Waals surface area (Å²) < 4.78 is 5.56. The Morgan fingerprint density at radius 3 is 2.44 bits per heavy atom. The molecule has 1 N–H and O–H groups in total. The fraction of sp³-hybridized carbons (Fsp3) is 0.409. The van der Waals surface area contributed by atoms with Crippen LogP contribution in [0.15, 0.2) is 48.5 Å². The van der Waals surface area contributed by atoms with Crippen molar-refractivity contribution >= 4 is 5.91 Å². The van der Waals surface area contributed by atoms with Crippen molar-refractivity contribution in [1.82, 2.24) is 5.32 Å². The lowest BCUT2D eigenvalue weighted by Gasteiger charge is -2.38. The second-order valence-electron chi connectivity index (χ2n) is 7.13. The van der Waals surface area contributed by atoms with Crippen molar-refractivity contribution in [2.45, 2.75) is 38.5 Å². The molecule has 3 nitrogen and oxygen atoms in total. The highest BCUT2D eigenvalue weighted by Gasteiger charge is 2.34. The Kier molecular flexibility index (Phi) is 5.54. The molecule has 1 amide bonds. The van der Waals surface area contributed by atoms with Crippen molar-refractivity contribution < 1.29 is 9.53 Å². The Morgan fingerprint density at radius 2 is 1.76 bits per heavy atom. The Morgan fingerprint density at radius 1 is 1.04 bits per heavy atom. The van der Waals surface area contributed by atoms with Gasteiger partial charge in [0.25, 0.3) is 0 Å². The zero-order chi connectivity index (χ0) is 17.7. The van der Waals surface area contributed by atoms with Crippen molar-refractivity contribution in [3.05, 3.63) is 70.8 Å². The average molecular weight is 337 g/mol. The minimum absolute atomic E-state index is 0.0155. The smallest absolute Gasteiger partial charge is 0.224 e. The number of carbonyl (C=O) groups excluding carboxylic acids is 1.